The predicted octanol–water partition coefficient (Wildman–Crippen LogP) is 1.93. The van der Waals surface area contributed by atoms with E-state index >= 15 is 0 Å². The summed E-state index contributed by atoms with van der Waals surface area (Å²) in [5.41, 5.74) is -0.206. The Morgan fingerprint density at radius 2 is 2.38 bits per heavy atom. The number of hydrogen-bond acceptors (Lipinski definition) is 5. The molecule has 1 amide bonds. The van der Waals surface area contributed by atoms with Crippen molar-refractivity contribution >= 4 is 27.5 Å². The molecule has 1 atom stereocenters. The second-order valence-corrected chi connectivity index (χ2v) is 5.52. The van der Waals surface area contributed by atoms with Crippen LogP contribution in [0.5, 0.6) is 0 Å². The molecule has 21 heavy (non-hydrogen) atoms. The molecule has 0 saturated heterocycles. The highest BCUT2D eigenvalue weighted by Crippen LogP contribution is 2.14. The van der Waals surface area contributed by atoms with Crippen LogP contribution in [-0.2, 0) is 11.3 Å². The van der Waals surface area contributed by atoms with Gasteiger partial charge in [0.25, 0.3) is 5.56 Å². The van der Waals surface area contributed by atoms with Gasteiger partial charge in [0.05, 0.1) is 24.0 Å². The van der Waals surface area contributed by atoms with Crippen molar-refractivity contribution in [3.05, 3.63) is 52.3 Å². The number of furan rings is 1. The van der Waals surface area contributed by atoms with Crippen molar-refractivity contribution in [2.45, 2.75) is 19.5 Å². The summed E-state index contributed by atoms with van der Waals surface area (Å²) in [6.07, 6.45) is 2.95. The number of carbonyl (C=O) groups is 1. The van der Waals surface area contributed by atoms with Crippen molar-refractivity contribution in [3.8, 4) is 0 Å². The van der Waals surface area contributed by atoms with Gasteiger partial charge in [-0.2, -0.15) is 0 Å². The van der Waals surface area contributed by atoms with E-state index in [9.17, 15) is 9.59 Å². The van der Waals surface area contributed by atoms with Gasteiger partial charge in [0.15, 0.2) is 0 Å². The molecule has 3 aromatic rings. The number of amides is 1. The normalized spacial score (nSPS) is 12.4. The predicted molar refractivity (Wildman–Crippen MR) is 79.1 cm³/mol. The van der Waals surface area contributed by atoms with Crippen molar-refractivity contribution < 1.29 is 9.21 Å². The van der Waals surface area contributed by atoms with Crippen molar-refractivity contribution in [2.24, 2.45) is 0 Å². The van der Waals surface area contributed by atoms with E-state index in [2.05, 4.69) is 10.3 Å². The van der Waals surface area contributed by atoms with E-state index in [1.165, 1.54) is 22.2 Å². The Morgan fingerprint density at radius 3 is 3.14 bits per heavy atom. The lowest BCUT2D eigenvalue weighted by molar-refractivity contribution is -0.122. The number of nitrogens with zero attached hydrogens (tertiary/aromatic N) is 2. The highest BCUT2D eigenvalue weighted by molar-refractivity contribution is 7.16. The van der Waals surface area contributed by atoms with Crippen LogP contribution in [0, 0.1) is 0 Å². The van der Waals surface area contributed by atoms with Crippen LogP contribution in [0.3, 0.4) is 0 Å². The zero-order valence-electron chi connectivity index (χ0n) is 11.3. The van der Waals surface area contributed by atoms with Crippen molar-refractivity contribution in [3.63, 3.8) is 0 Å². The van der Waals surface area contributed by atoms with E-state index in [4.69, 9.17) is 4.42 Å². The van der Waals surface area contributed by atoms with E-state index < -0.39 is 0 Å². The Hall–Kier alpha value is -2.41. The van der Waals surface area contributed by atoms with Gasteiger partial charge >= 0.3 is 0 Å². The maximum absolute atomic E-state index is 12.2. The van der Waals surface area contributed by atoms with Gasteiger partial charge in [-0.3, -0.25) is 14.2 Å². The summed E-state index contributed by atoms with van der Waals surface area (Å²) in [5.74, 6) is 0.402. The molecule has 0 saturated carbocycles. The second kappa shape index (κ2) is 5.53. The molecule has 0 aliphatic carbocycles. The van der Waals surface area contributed by atoms with Gasteiger partial charge < -0.3 is 9.73 Å². The van der Waals surface area contributed by atoms with Crippen molar-refractivity contribution in [1.29, 1.82) is 0 Å². The van der Waals surface area contributed by atoms with Crippen LogP contribution in [-0.4, -0.2) is 15.5 Å². The summed E-state index contributed by atoms with van der Waals surface area (Å²) >= 11 is 1.40. The molecule has 0 aromatic carbocycles. The Morgan fingerprint density at radius 1 is 1.52 bits per heavy atom. The molecule has 3 rings (SSSR count). The summed E-state index contributed by atoms with van der Waals surface area (Å²) in [4.78, 5) is 29.0. The lowest BCUT2D eigenvalue weighted by atomic mass is 10.2. The highest BCUT2D eigenvalue weighted by atomic mass is 32.1. The van der Waals surface area contributed by atoms with E-state index in [0.717, 1.165) is 0 Å². The Labute approximate surface area is 124 Å². The minimum absolute atomic E-state index is 0.0668. The lowest BCUT2D eigenvalue weighted by Crippen LogP contribution is -2.33. The average Bonchev–Trinajstić information content (AvgIpc) is 3.12. The van der Waals surface area contributed by atoms with Crippen LogP contribution in [0.15, 0.2) is 45.4 Å². The van der Waals surface area contributed by atoms with Gasteiger partial charge in [-0.25, -0.2) is 4.98 Å². The summed E-state index contributed by atoms with van der Waals surface area (Å²) in [6, 6.07) is 5.02. The highest BCUT2D eigenvalue weighted by Gasteiger charge is 2.13. The molecule has 1 N–H and O–H groups in total. The first kappa shape index (κ1) is 13.6. The Balaban J connectivity index is 1.74. The molecule has 7 heteroatoms. The number of nitrogens with one attached hydrogen (secondary N) is 1. The molecule has 0 aliphatic heterocycles. The number of aromatic nitrogens is 2. The molecule has 0 aliphatic rings. The minimum atomic E-state index is -0.266. The molecule has 3 aromatic heterocycles. The van der Waals surface area contributed by atoms with E-state index in [0.29, 0.717) is 16.0 Å². The molecule has 0 radical (unpaired) electrons. The smallest absolute Gasteiger partial charge is 0.262 e. The maximum Gasteiger partial charge on any atom is 0.262 e. The summed E-state index contributed by atoms with van der Waals surface area (Å²) in [7, 11) is 0. The molecular weight excluding hydrogens is 290 g/mol. The minimum Gasteiger partial charge on any atom is -0.467 e. The number of rotatable bonds is 4. The molecule has 6 nitrogen and oxygen atoms in total. The third-order valence-electron chi connectivity index (χ3n) is 3.11. The fourth-order valence-electron chi connectivity index (χ4n) is 2.06. The largest absolute Gasteiger partial charge is 0.467 e. The van der Waals surface area contributed by atoms with Crippen LogP contribution >= 0.6 is 11.3 Å². The van der Waals surface area contributed by atoms with Crippen LogP contribution < -0.4 is 10.9 Å². The zero-order chi connectivity index (χ0) is 14.8. The van der Waals surface area contributed by atoms with Gasteiger partial charge in [0.1, 0.15) is 17.1 Å². The SMILES string of the molecule is CC(NC(=O)Cn1cnc2sccc2c1=O)c1ccco1. The summed E-state index contributed by atoms with van der Waals surface area (Å²) < 4.78 is 6.53. The third kappa shape index (κ3) is 2.73. The molecule has 1 unspecified atom stereocenters. The number of thiophene rings is 1. The topological polar surface area (TPSA) is 77.1 Å². The second-order valence-electron chi connectivity index (χ2n) is 4.62. The van der Waals surface area contributed by atoms with Crippen LogP contribution in [0.25, 0.3) is 10.2 Å². The lowest BCUT2D eigenvalue weighted by Gasteiger charge is -2.12. The van der Waals surface area contributed by atoms with E-state index in [1.807, 2.05) is 12.3 Å². The van der Waals surface area contributed by atoms with Crippen LogP contribution in [0.4, 0.5) is 0 Å². The van der Waals surface area contributed by atoms with Crippen LogP contribution in [0.1, 0.15) is 18.7 Å². The average molecular weight is 303 g/mol. The first-order chi connectivity index (χ1) is 10.1. The molecule has 0 fully saturated rings. The fraction of sp³-hybridized carbons (Fsp3) is 0.214. The first-order valence-electron chi connectivity index (χ1n) is 6.40. The molecule has 3 heterocycles. The Kier molecular flexibility index (Phi) is 3.57. The fourth-order valence-corrected chi connectivity index (χ4v) is 2.78. The van der Waals surface area contributed by atoms with Gasteiger partial charge in [-0.15, -0.1) is 11.3 Å². The van der Waals surface area contributed by atoms with Gasteiger partial charge in [-0.05, 0) is 30.5 Å². The van der Waals surface area contributed by atoms with Crippen molar-refractivity contribution in [2.75, 3.05) is 0 Å². The van der Waals surface area contributed by atoms with Gasteiger partial charge in [0, 0.05) is 0 Å². The summed E-state index contributed by atoms with van der Waals surface area (Å²) in [6.45, 7) is 1.75. The van der Waals surface area contributed by atoms with Crippen LogP contribution in [0.2, 0.25) is 0 Å². The summed E-state index contributed by atoms with van der Waals surface area (Å²) in [5, 5.41) is 5.13. The maximum atomic E-state index is 12.2. The van der Waals surface area contributed by atoms with Gasteiger partial charge in [-0.1, -0.05) is 0 Å². The number of fused-ring (bicyclic) bond motifs is 1. The monoisotopic (exact) mass is 303 g/mol. The molecule has 108 valence electrons. The van der Waals surface area contributed by atoms with E-state index in [1.54, 1.807) is 24.5 Å². The number of hydrogen-bond donors (Lipinski definition) is 1. The molecule has 0 bridgehead atoms. The first-order valence-corrected chi connectivity index (χ1v) is 7.28. The van der Waals surface area contributed by atoms with E-state index in [-0.39, 0.29) is 24.1 Å². The quantitative estimate of drug-likeness (QED) is 0.799. The third-order valence-corrected chi connectivity index (χ3v) is 3.93. The zero-order valence-corrected chi connectivity index (χ0v) is 12.1. The standard InChI is InChI=1S/C14H13N3O3S/c1-9(11-3-2-5-20-11)16-12(18)7-17-8-15-13-10(14(17)19)4-6-21-13/h2-6,8-9H,7H2,1H3,(H,16,18). The Bertz CT molecular complexity index is 819. The molecular formula is C14H13N3O3S. The van der Waals surface area contributed by atoms with Gasteiger partial charge in [0.2, 0.25) is 5.91 Å². The number of carbonyl (C=O) groups excluding carboxylic acids is 1. The molecule has 0 spiro atoms. The van der Waals surface area contributed by atoms with Crippen molar-refractivity contribution in [1.82, 2.24) is 14.9 Å².